The van der Waals surface area contributed by atoms with E-state index in [-0.39, 0.29) is 5.91 Å². The molecule has 3 rings (SSSR count). The van der Waals surface area contributed by atoms with E-state index in [0.717, 1.165) is 30.0 Å². The zero-order valence-corrected chi connectivity index (χ0v) is 16.3. The summed E-state index contributed by atoms with van der Waals surface area (Å²) in [7, 11) is 0. The Hall–Kier alpha value is -2.62. The van der Waals surface area contributed by atoms with Crippen LogP contribution in [-0.2, 0) is 11.3 Å². The van der Waals surface area contributed by atoms with E-state index in [1.807, 2.05) is 24.4 Å². The van der Waals surface area contributed by atoms with Gasteiger partial charge in [-0.05, 0) is 48.4 Å². The molecule has 1 N–H and O–H groups in total. The summed E-state index contributed by atoms with van der Waals surface area (Å²) in [5.74, 6) is 1.43. The lowest BCUT2D eigenvalue weighted by molar-refractivity contribution is -0.116. The first kappa shape index (κ1) is 19.2. The lowest BCUT2D eigenvalue weighted by atomic mass is 10.0. The van der Waals surface area contributed by atoms with Crippen LogP contribution in [0.25, 0.3) is 6.08 Å². The van der Waals surface area contributed by atoms with Gasteiger partial charge in [-0.3, -0.25) is 4.79 Å². The first-order chi connectivity index (χ1) is 13.1. The van der Waals surface area contributed by atoms with Crippen LogP contribution < -0.4 is 10.2 Å². The average molecular weight is 364 g/mol. The van der Waals surface area contributed by atoms with E-state index >= 15 is 0 Å². The molecule has 4 nitrogen and oxygen atoms in total. The molecule has 0 bridgehead atoms. The quantitative estimate of drug-likeness (QED) is 0.767. The van der Waals surface area contributed by atoms with Crippen molar-refractivity contribution in [1.29, 1.82) is 0 Å². The zero-order chi connectivity index (χ0) is 19.1. The Balaban J connectivity index is 1.57. The summed E-state index contributed by atoms with van der Waals surface area (Å²) in [4.78, 5) is 19.1. The molecule has 4 heteroatoms. The Labute approximate surface area is 162 Å². The molecule has 0 unspecified atom stereocenters. The van der Waals surface area contributed by atoms with Gasteiger partial charge in [0.1, 0.15) is 5.82 Å². The monoisotopic (exact) mass is 363 g/mol. The van der Waals surface area contributed by atoms with Crippen molar-refractivity contribution in [3.8, 4) is 0 Å². The smallest absolute Gasteiger partial charge is 0.244 e. The maximum Gasteiger partial charge on any atom is 0.244 e. The van der Waals surface area contributed by atoms with Crippen molar-refractivity contribution < 1.29 is 4.79 Å². The first-order valence-corrected chi connectivity index (χ1v) is 9.88. The number of hydrogen-bond acceptors (Lipinski definition) is 3. The van der Waals surface area contributed by atoms with Crippen molar-refractivity contribution in [3.63, 3.8) is 0 Å². The molecule has 0 saturated carbocycles. The van der Waals surface area contributed by atoms with Crippen LogP contribution in [0, 0.1) is 0 Å². The minimum Gasteiger partial charge on any atom is -0.356 e. The SMILES string of the molecule is CC(C)c1ccc(/C=C/C(=O)NCc2cccnc2N2CCCCC2)cc1. The van der Waals surface area contributed by atoms with Crippen molar-refractivity contribution in [3.05, 3.63) is 65.4 Å². The van der Waals surface area contributed by atoms with Gasteiger partial charge in [-0.2, -0.15) is 0 Å². The predicted molar refractivity (Wildman–Crippen MR) is 112 cm³/mol. The molecule has 1 aliphatic rings. The normalized spacial score (nSPS) is 14.7. The fourth-order valence-corrected chi connectivity index (χ4v) is 3.36. The van der Waals surface area contributed by atoms with Crippen molar-refractivity contribution >= 4 is 17.8 Å². The van der Waals surface area contributed by atoms with E-state index in [2.05, 4.69) is 53.3 Å². The number of piperidine rings is 1. The van der Waals surface area contributed by atoms with Crippen LogP contribution >= 0.6 is 0 Å². The summed E-state index contributed by atoms with van der Waals surface area (Å²) in [6.45, 7) is 6.94. The van der Waals surface area contributed by atoms with Gasteiger partial charge in [0.15, 0.2) is 0 Å². The lowest BCUT2D eigenvalue weighted by Gasteiger charge is -2.29. The number of rotatable bonds is 6. The van der Waals surface area contributed by atoms with Gasteiger partial charge in [-0.15, -0.1) is 0 Å². The molecule has 1 aromatic heterocycles. The molecule has 27 heavy (non-hydrogen) atoms. The van der Waals surface area contributed by atoms with Gasteiger partial charge in [0, 0.05) is 37.5 Å². The Morgan fingerprint density at radius 1 is 1.15 bits per heavy atom. The van der Waals surface area contributed by atoms with Crippen molar-refractivity contribution in [2.24, 2.45) is 0 Å². The first-order valence-electron chi connectivity index (χ1n) is 9.88. The number of anilines is 1. The number of aromatic nitrogens is 1. The summed E-state index contributed by atoms with van der Waals surface area (Å²) in [5.41, 5.74) is 3.41. The van der Waals surface area contributed by atoms with E-state index in [1.54, 1.807) is 6.08 Å². The number of nitrogens with zero attached hydrogens (tertiary/aromatic N) is 2. The van der Waals surface area contributed by atoms with Crippen LogP contribution in [0.15, 0.2) is 48.7 Å². The highest BCUT2D eigenvalue weighted by molar-refractivity contribution is 5.91. The van der Waals surface area contributed by atoms with E-state index in [9.17, 15) is 4.79 Å². The van der Waals surface area contributed by atoms with Gasteiger partial charge in [-0.25, -0.2) is 4.98 Å². The third-order valence-electron chi connectivity index (χ3n) is 5.01. The number of carbonyl (C=O) groups excluding carboxylic acids is 1. The van der Waals surface area contributed by atoms with Gasteiger partial charge in [0.25, 0.3) is 0 Å². The maximum absolute atomic E-state index is 12.2. The fourth-order valence-electron chi connectivity index (χ4n) is 3.36. The molecular weight excluding hydrogens is 334 g/mol. The number of pyridine rings is 1. The number of benzene rings is 1. The largest absolute Gasteiger partial charge is 0.356 e. The molecule has 1 amide bonds. The molecule has 1 saturated heterocycles. The molecule has 142 valence electrons. The number of hydrogen-bond donors (Lipinski definition) is 1. The van der Waals surface area contributed by atoms with E-state index in [4.69, 9.17) is 0 Å². The average Bonchev–Trinajstić information content (AvgIpc) is 2.72. The van der Waals surface area contributed by atoms with E-state index in [0.29, 0.717) is 12.5 Å². The molecule has 2 aromatic rings. The van der Waals surface area contributed by atoms with Gasteiger partial charge < -0.3 is 10.2 Å². The predicted octanol–water partition coefficient (Wildman–Crippen LogP) is 4.52. The van der Waals surface area contributed by atoms with Crippen LogP contribution in [0.1, 0.15) is 55.7 Å². The van der Waals surface area contributed by atoms with Crippen LogP contribution in [0.3, 0.4) is 0 Å². The zero-order valence-electron chi connectivity index (χ0n) is 16.3. The lowest BCUT2D eigenvalue weighted by Crippen LogP contribution is -2.32. The highest BCUT2D eigenvalue weighted by Gasteiger charge is 2.15. The molecule has 0 radical (unpaired) electrons. The number of amides is 1. The van der Waals surface area contributed by atoms with E-state index in [1.165, 1.54) is 24.8 Å². The Morgan fingerprint density at radius 3 is 2.59 bits per heavy atom. The fraction of sp³-hybridized carbons (Fsp3) is 0.391. The highest BCUT2D eigenvalue weighted by Crippen LogP contribution is 2.21. The second-order valence-corrected chi connectivity index (χ2v) is 7.41. The summed E-state index contributed by atoms with van der Waals surface area (Å²) in [6.07, 6.45) is 8.99. The van der Waals surface area contributed by atoms with Gasteiger partial charge in [0.2, 0.25) is 5.91 Å². The molecule has 0 spiro atoms. The summed E-state index contributed by atoms with van der Waals surface area (Å²) in [6, 6.07) is 12.3. The minimum absolute atomic E-state index is 0.0867. The molecule has 2 heterocycles. The second kappa shape index (κ2) is 9.36. The summed E-state index contributed by atoms with van der Waals surface area (Å²) in [5, 5.41) is 2.99. The number of carbonyl (C=O) groups is 1. The molecular formula is C23H29N3O. The van der Waals surface area contributed by atoms with Crippen molar-refractivity contribution in [1.82, 2.24) is 10.3 Å². The van der Waals surface area contributed by atoms with Crippen LogP contribution in [-0.4, -0.2) is 24.0 Å². The highest BCUT2D eigenvalue weighted by atomic mass is 16.1. The Kier molecular flexibility index (Phi) is 6.64. The molecule has 1 fully saturated rings. The van der Waals surface area contributed by atoms with Gasteiger partial charge in [-0.1, -0.05) is 44.2 Å². The minimum atomic E-state index is -0.0867. The summed E-state index contributed by atoms with van der Waals surface area (Å²) >= 11 is 0. The molecule has 1 aliphatic heterocycles. The van der Waals surface area contributed by atoms with Gasteiger partial charge >= 0.3 is 0 Å². The van der Waals surface area contributed by atoms with Crippen LogP contribution in [0.2, 0.25) is 0 Å². The Bertz CT molecular complexity index is 774. The Morgan fingerprint density at radius 2 is 1.89 bits per heavy atom. The van der Waals surface area contributed by atoms with Crippen molar-refractivity contribution in [2.75, 3.05) is 18.0 Å². The van der Waals surface area contributed by atoms with Crippen LogP contribution in [0.4, 0.5) is 5.82 Å². The third-order valence-corrected chi connectivity index (χ3v) is 5.01. The number of nitrogens with one attached hydrogen (secondary N) is 1. The van der Waals surface area contributed by atoms with Gasteiger partial charge in [0.05, 0.1) is 0 Å². The molecule has 0 atom stereocenters. The second-order valence-electron chi connectivity index (χ2n) is 7.41. The third kappa shape index (κ3) is 5.43. The van der Waals surface area contributed by atoms with Crippen molar-refractivity contribution in [2.45, 2.75) is 45.6 Å². The topological polar surface area (TPSA) is 45.2 Å². The van der Waals surface area contributed by atoms with E-state index < -0.39 is 0 Å². The standard InChI is InChI=1S/C23H29N3O/c1-18(2)20-11-8-19(9-12-20)10-13-22(27)25-17-21-7-6-14-24-23(21)26-15-4-3-5-16-26/h6-14,18H,3-5,15-17H2,1-2H3,(H,25,27)/b13-10+. The summed E-state index contributed by atoms with van der Waals surface area (Å²) < 4.78 is 0. The molecule has 1 aromatic carbocycles. The maximum atomic E-state index is 12.2. The van der Waals surface area contributed by atoms with Crippen LogP contribution in [0.5, 0.6) is 0 Å². The molecule has 0 aliphatic carbocycles.